The molecule has 16 heavy (non-hydrogen) atoms. The van der Waals surface area contributed by atoms with E-state index in [1.54, 1.807) is 12.1 Å². The highest BCUT2D eigenvalue weighted by atomic mass is 35.5. The van der Waals surface area contributed by atoms with Crippen LogP contribution in [0.25, 0.3) is 0 Å². The molecule has 0 N–H and O–H groups in total. The van der Waals surface area contributed by atoms with Crippen LogP contribution in [-0.4, -0.2) is 0 Å². The van der Waals surface area contributed by atoms with Gasteiger partial charge in [0.2, 0.25) is 0 Å². The predicted molar refractivity (Wildman–Crippen MR) is 66.4 cm³/mol. The molecule has 0 aliphatic rings. The van der Waals surface area contributed by atoms with Gasteiger partial charge in [-0.05, 0) is 17.7 Å². The Balaban J connectivity index is 2.09. The number of hydrogen-bond acceptors (Lipinski definition) is 2. The molecule has 0 atom stereocenters. The molecule has 1 aromatic carbocycles. The minimum absolute atomic E-state index is 0.683. The standard InChI is InChI=1S/C12H10ClNOS/c13-11-6-2-1-5-10(11)9-16-12-7-3-4-8-14(12)15/h1-8H,9H2. The van der Waals surface area contributed by atoms with E-state index in [2.05, 4.69) is 0 Å². The van der Waals surface area contributed by atoms with Gasteiger partial charge < -0.3 is 5.21 Å². The van der Waals surface area contributed by atoms with Gasteiger partial charge in [0.15, 0.2) is 6.20 Å². The normalized spacial score (nSPS) is 10.3. The Morgan fingerprint density at radius 2 is 1.88 bits per heavy atom. The number of aromatic nitrogens is 1. The molecule has 0 amide bonds. The third-order valence-electron chi connectivity index (χ3n) is 2.12. The van der Waals surface area contributed by atoms with Gasteiger partial charge in [-0.2, -0.15) is 4.73 Å². The second kappa shape index (κ2) is 5.23. The Kier molecular flexibility index (Phi) is 3.70. The van der Waals surface area contributed by atoms with Crippen molar-refractivity contribution in [3.8, 4) is 0 Å². The minimum atomic E-state index is 0.683. The molecule has 1 heterocycles. The number of hydrogen-bond donors (Lipinski definition) is 0. The maximum absolute atomic E-state index is 11.4. The van der Waals surface area contributed by atoms with Gasteiger partial charge in [-0.25, -0.2) is 0 Å². The first-order valence-corrected chi connectivity index (χ1v) is 6.18. The first-order chi connectivity index (χ1) is 7.77. The highest BCUT2D eigenvalue weighted by molar-refractivity contribution is 7.98. The largest absolute Gasteiger partial charge is 0.618 e. The molecule has 0 radical (unpaired) electrons. The topological polar surface area (TPSA) is 26.9 Å². The molecular weight excluding hydrogens is 242 g/mol. The van der Waals surface area contributed by atoms with E-state index < -0.39 is 0 Å². The fraction of sp³-hybridized carbons (Fsp3) is 0.0833. The van der Waals surface area contributed by atoms with E-state index in [1.807, 2.05) is 30.3 Å². The molecule has 2 nitrogen and oxygen atoms in total. The lowest BCUT2D eigenvalue weighted by molar-refractivity contribution is -0.645. The number of pyridine rings is 1. The lowest BCUT2D eigenvalue weighted by Crippen LogP contribution is -2.27. The van der Waals surface area contributed by atoms with Crippen LogP contribution in [-0.2, 0) is 5.75 Å². The molecule has 0 aliphatic heterocycles. The molecule has 2 rings (SSSR count). The second-order valence-electron chi connectivity index (χ2n) is 3.24. The average Bonchev–Trinajstić information content (AvgIpc) is 2.30. The van der Waals surface area contributed by atoms with E-state index in [0.717, 1.165) is 15.3 Å². The maximum atomic E-state index is 11.4. The monoisotopic (exact) mass is 251 g/mol. The number of nitrogens with zero attached hydrogens (tertiary/aromatic N) is 1. The summed E-state index contributed by atoms with van der Waals surface area (Å²) in [5, 5.41) is 12.8. The number of rotatable bonds is 3. The summed E-state index contributed by atoms with van der Waals surface area (Å²) in [6.07, 6.45) is 1.49. The smallest absolute Gasteiger partial charge is 0.251 e. The second-order valence-corrected chi connectivity index (χ2v) is 4.65. The summed E-state index contributed by atoms with van der Waals surface area (Å²) in [5.74, 6) is 0.700. The zero-order valence-corrected chi connectivity index (χ0v) is 10.0. The summed E-state index contributed by atoms with van der Waals surface area (Å²) in [6, 6.07) is 13.0. The fourth-order valence-electron chi connectivity index (χ4n) is 1.29. The minimum Gasteiger partial charge on any atom is -0.618 e. The van der Waals surface area contributed by atoms with Crippen LogP contribution in [0.2, 0.25) is 5.02 Å². The molecule has 0 saturated heterocycles. The predicted octanol–water partition coefficient (Wildman–Crippen LogP) is 3.27. The lowest BCUT2D eigenvalue weighted by Gasteiger charge is -2.04. The van der Waals surface area contributed by atoms with E-state index in [4.69, 9.17) is 11.6 Å². The van der Waals surface area contributed by atoms with Crippen LogP contribution in [0.15, 0.2) is 53.7 Å². The van der Waals surface area contributed by atoms with Crippen LogP contribution in [0.3, 0.4) is 0 Å². The van der Waals surface area contributed by atoms with Crippen molar-refractivity contribution in [1.29, 1.82) is 0 Å². The molecule has 0 unspecified atom stereocenters. The zero-order chi connectivity index (χ0) is 11.4. The molecule has 0 aliphatic carbocycles. The van der Waals surface area contributed by atoms with Crippen molar-refractivity contribution < 1.29 is 4.73 Å². The quantitative estimate of drug-likeness (QED) is 0.476. The summed E-state index contributed by atoms with van der Waals surface area (Å²) in [7, 11) is 0. The molecule has 0 bridgehead atoms. The molecule has 1 aromatic heterocycles. The highest BCUT2D eigenvalue weighted by Gasteiger charge is 2.06. The molecule has 0 spiro atoms. The summed E-state index contributed by atoms with van der Waals surface area (Å²) in [4.78, 5) is 0. The van der Waals surface area contributed by atoms with Gasteiger partial charge in [-0.1, -0.05) is 41.6 Å². The molecular formula is C12H10ClNOS. The Bertz CT molecular complexity index is 444. The van der Waals surface area contributed by atoms with Gasteiger partial charge in [0.05, 0.1) is 0 Å². The third kappa shape index (κ3) is 2.68. The van der Waals surface area contributed by atoms with Crippen molar-refractivity contribution in [2.75, 3.05) is 0 Å². The summed E-state index contributed by atoms with van der Waals surface area (Å²) in [6.45, 7) is 0. The van der Waals surface area contributed by atoms with Crippen molar-refractivity contribution in [3.63, 3.8) is 0 Å². The third-order valence-corrected chi connectivity index (χ3v) is 3.56. The Morgan fingerprint density at radius 1 is 1.12 bits per heavy atom. The average molecular weight is 252 g/mol. The molecule has 0 saturated carbocycles. The molecule has 0 fully saturated rings. The van der Waals surface area contributed by atoms with Crippen molar-refractivity contribution in [1.82, 2.24) is 0 Å². The first kappa shape index (κ1) is 11.3. The molecule has 2 aromatic rings. The lowest BCUT2D eigenvalue weighted by atomic mass is 10.2. The Hall–Kier alpha value is -1.19. The van der Waals surface area contributed by atoms with E-state index in [0.29, 0.717) is 10.8 Å². The highest BCUT2D eigenvalue weighted by Crippen LogP contribution is 2.24. The van der Waals surface area contributed by atoms with Crippen molar-refractivity contribution in [3.05, 3.63) is 64.5 Å². The van der Waals surface area contributed by atoms with Crippen LogP contribution in [0.4, 0.5) is 0 Å². The summed E-state index contributed by atoms with van der Waals surface area (Å²) in [5.41, 5.74) is 1.04. The Morgan fingerprint density at radius 3 is 2.62 bits per heavy atom. The summed E-state index contributed by atoms with van der Waals surface area (Å²) >= 11 is 7.51. The number of benzene rings is 1. The van der Waals surface area contributed by atoms with E-state index in [1.165, 1.54) is 18.0 Å². The van der Waals surface area contributed by atoms with Crippen LogP contribution in [0.5, 0.6) is 0 Å². The maximum Gasteiger partial charge on any atom is 0.251 e. The van der Waals surface area contributed by atoms with Crippen molar-refractivity contribution in [2.24, 2.45) is 0 Å². The van der Waals surface area contributed by atoms with Gasteiger partial charge in [0, 0.05) is 22.9 Å². The van der Waals surface area contributed by atoms with Crippen molar-refractivity contribution >= 4 is 23.4 Å². The fourth-order valence-corrected chi connectivity index (χ4v) is 2.49. The van der Waals surface area contributed by atoms with Gasteiger partial charge in [0.25, 0.3) is 5.03 Å². The van der Waals surface area contributed by atoms with Crippen LogP contribution < -0.4 is 4.73 Å². The van der Waals surface area contributed by atoms with E-state index in [9.17, 15) is 5.21 Å². The zero-order valence-electron chi connectivity index (χ0n) is 8.47. The Labute approximate surface area is 103 Å². The van der Waals surface area contributed by atoms with Crippen LogP contribution in [0, 0.1) is 5.21 Å². The number of thioether (sulfide) groups is 1. The molecule has 82 valence electrons. The van der Waals surface area contributed by atoms with Crippen LogP contribution >= 0.6 is 23.4 Å². The molecule has 4 heteroatoms. The SMILES string of the molecule is [O-][n+]1ccccc1SCc1ccccc1Cl. The van der Waals surface area contributed by atoms with Gasteiger partial charge in [-0.15, -0.1) is 0 Å². The summed E-state index contributed by atoms with van der Waals surface area (Å²) < 4.78 is 0.863. The number of halogens is 1. The van der Waals surface area contributed by atoms with Crippen molar-refractivity contribution in [2.45, 2.75) is 10.8 Å². The van der Waals surface area contributed by atoms with Gasteiger partial charge in [0.1, 0.15) is 0 Å². The van der Waals surface area contributed by atoms with Gasteiger partial charge >= 0.3 is 0 Å². The first-order valence-electron chi connectivity index (χ1n) is 4.82. The van der Waals surface area contributed by atoms with E-state index in [-0.39, 0.29) is 0 Å². The van der Waals surface area contributed by atoms with E-state index >= 15 is 0 Å². The van der Waals surface area contributed by atoms with Gasteiger partial charge in [-0.3, -0.25) is 0 Å². The van der Waals surface area contributed by atoms with Crippen LogP contribution in [0.1, 0.15) is 5.56 Å².